The fourth-order valence-electron chi connectivity index (χ4n) is 3.35. The quantitative estimate of drug-likeness (QED) is 0.329. The Morgan fingerprint density at radius 3 is 2.65 bits per heavy atom. The van der Waals surface area contributed by atoms with Crippen molar-refractivity contribution in [2.24, 2.45) is 4.99 Å². The topological polar surface area (TPSA) is 102 Å². The minimum absolute atomic E-state index is 0.0107. The Balaban J connectivity index is 1.72. The summed E-state index contributed by atoms with van der Waals surface area (Å²) >= 11 is 0. The van der Waals surface area contributed by atoms with Gasteiger partial charge in [0.1, 0.15) is 6.10 Å². The first-order valence-electron chi connectivity index (χ1n) is 10.3. The number of hydrogen-bond donors (Lipinski definition) is 0. The lowest BCUT2D eigenvalue weighted by molar-refractivity contribution is -0.384. The van der Waals surface area contributed by atoms with Crippen molar-refractivity contribution < 1.29 is 19.2 Å². The molecule has 8 nitrogen and oxygen atoms in total. The lowest BCUT2D eigenvalue weighted by Crippen LogP contribution is -2.35. The Hall–Kier alpha value is -3.55. The van der Waals surface area contributed by atoms with Crippen molar-refractivity contribution in [1.29, 1.82) is 0 Å². The zero-order chi connectivity index (χ0) is 22.2. The number of nitrogens with zero attached hydrogens (tertiary/aromatic N) is 3. The van der Waals surface area contributed by atoms with E-state index in [4.69, 9.17) is 4.74 Å². The van der Waals surface area contributed by atoms with Gasteiger partial charge >= 0.3 is 0 Å². The summed E-state index contributed by atoms with van der Waals surface area (Å²) in [6, 6.07) is 15.7. The van der Waals surface area contributed by atoms with Crippen LogP contribution in [-0.2, 0) is 20.7 Å². The molecule has 1 aliphatic rings. The van der Waals surface area contributed by atoms with Crippen LogP contribution in [0.4, 0.5) is 11.4 Å². The first-order valence-corrected chi connectivity index (χ1v) is 10.3. The van der Waals surface area contributed by atoms with Gasteiger partial charge in [0.05, 0.1) is 23.6 Å². The number of benzene rings is 2. The van der Waals surface area contributed by atoms with Gasteiger partial charge in [0.15, 0.2) is 0 Å². The Morgan fingerprint density at radius 1 is 1.19 bits per heavy atom. The summed E-state index contributed by atoms with van der Waals surface area (Å²) in [5.74, 6) is -0.923. The Morgan fingerprint density at radius 2 is 1.97 bits per heavy atom. The molecule has 0 aromatic heterocycles. The third-order valence-electron chi connectivity index (χ3n) is 5.07. The molecular formula is C23H25N3O5. The van der Waals surface area contributed by atoms with Crippen molar-refractivity contribution in [2.45, 2.75) is 38.7 Å². The van der Waals surface area contributed by atoms with Crippen LogP contribution in [0.15, 0.2) is 59.6 Å². The second kappa shape index (κ2) is 10.5. The van der Waals surface area contributed by atoms with E-state index in [1.807, 2.05) is 37.3 Å². The normalized spacial score (nSPS) is 15.1. The molecule has 0 N–H and O–H groups in total. The molecular weight excluding hydrogens is 398 g/mol. The Kier molecular flexibility index (Phi) is 7.48. The summed E-state index contributed by atoms with van der Waals surface area (Å²) in [6.07, 6.45) is 1.58. The fourth-order valence-corrected chi connectivity index (χ4v) is 3.35. The lowest BCUT2D eigenvalue weighted by Gasteiger charge is -2.22. The molecule has 1 unspecified atom stereocenters. The summed E-state index contributed by atoms with van der Waals surface area (Å²) in [5.41, 5.74) is 1.41. The predicted octanol–water partition coefficient (Wildman–Crippen LogP) is 3.73. The molecule has 0 spiro atoms. The molecule has 0 radical (unpaired) electrons. The third-order valence-corrected chi connectivity index (χ3v) is 5.07. The van der Waals surface area contributed by atoms with Crippen LogP contribution in [0.25, 0.3) is 0 Å². The molecule has 1 aliphatic heterocycles. The maximum absolute atomic E-state index is 13.0. The summed E-state index contributed by atoms with van der Waals surface area (Å²) in [7, 11) is 0. The number of amides is 1. The van der Waals surface area contributed by atoms with Gasteiger partial charge in [0.2, 0.25) is 11.7 Å². The van der Waals surface area contributed by atoms with E-state index in [0.29, 0.717) is 25.2 Å². The molecule has 2 aromatic rings. The number of rotatable bonds is 10. The van der Waals surface area contributed by atoms with Gasteiger partial charge < -0.3 is 9.64 Å². The molecule has 31 heavy (non-hydrogen) atoms. The second-order valence-electron chi connectivity index (χ2n) is 7.31. The van der Waals surface area contributed by atoms with Crippen molar-refractivity contribution in [3.8, 4) is 0 Å². The van der Waals surface area contributed by atoms with Gasteiger partial charge in [-0.15, -0.1) is 0 Å². The summed E-state index contributed by atoms with van der Waals surface area (Å²) < 4.78 is 5.49. The minimum Gasteiger partial charge on any atom is -0.470 e. The van der Waals surface area contributed by atoms with Crippen LogP contribution in [0.1, 0.15) is 31.7 Å². The molecule has 8 heteroatoms. The van der Waals surface area contributed by atoms with E-state index >= 15 is 0 Å². The Bertz CT molecular complexity index is 974. The van der Waals surface area contributed by atoms with E-state index in [0.717, 1.165) is 18.4 Å². The number of nitro groups is 1. The molecule has 1 amide bonds. The molecule has 0 aliphatic carbocycles. The van der Waals surface area contributed by atoms with Gasteiger partial charge in [0, 0.05) is 18.7 Å². The van der Waals surface area contributed by atoms with Gasteiger partial charge in [-0.1, -0.05) is 43.3 Å². The standard InChI is InChI=1S/C23H25N3O5/c1-2-20-16-24-23(31-20)21(27)15-22(28)25(13-7-10-17-8-4-3-5-9-17)18-11-6-12-19(14-18)26(29)30/h3-6,8-9,11-12,14,20H,2,7,10,13,15-16H2,1H3. The van der Waals surface area contributed by atoms with Crippen molar-refractivity contribution in [3.63, 3.8) is 0 Å². The minimum atomic E-state index is -0.507. The zero-order valence-electron chi connectivity index (χ0n) is 17.4. The van der Waals surface area contributed by atoms with Crippen LogP contribution in [-0.4, -0.2) is 41.7 Å². The number of aryl methyl sites for hydroxylation is 1. The molecule has 1 atom stereocenters. The van der Waals surface area contributed by atoms with Crippen LogP contribution < -0.4 is 4.90 Å². The maximum Gasteiger partial charge on any atom is 0.271 e. The van der Waals surface area contributed by atoms with Crippen LogP contribution in [0.2, 0.25) is 0 Å². The van der Waals surface area contributed by atoms with E-state index in [1.165, 1.54) is 23.1 Å². The number of Topliss-reactive ketones (excluding diaryl/α,β-unsaturated/α-hetero) is 1. The average Bonchev–Trinajstić information content (AvgIpc) is 3.27. The van der Waals surface area contributed by atoms with E-state index in [-0.39, 0.29) is 17.7 Å². The number of anilines is 1. The second-order valence-corrected chi connectivity index (χ2v) is 7.31. The highest BCUT2D eigenvalue weighted by Gasteiger charge is 2.28. The maximum atomic E-state index is 13.0. The third kappa shape index (κ3) is 5.97. The van der Waals surface area contributed by atoms with E-state index < -0.39 is 23.0 Å². The van der Waals surface area contributed by atoms with Crippen molar-refractivity contribution in [2.75, 3.05) is 18.0 Å². The monoisotopic (exact) mass is 423 g/mol. The highest BCUT2D eigenvalue weighted by molar-refractivity contribution is 6.40. The average molecular weight is 423 g/mol. The summed E-state index contributed by atoms with van der Waals surface area (Å²) in [5, 5.41) is 11.2. The summed E-state index contributed by atoms with van der Waals surface area (Å²) in [4.78, 5) is 41.7. The van der Waals surface area contributed by atoms with E-state index in [9.17, 15) is 19.7 Å². The molecule has 0 saturated carbocycles. The number of carbonyl (C=O) groups excluding carboxylic acids is 2. The van der Waals surface area contributed by atoms with Crippen LogP contribution in [0, 0.1) is 10.1 Å². The van der Waals surface area contributed by atoms with Gasteiger partial charge in [-0.3, -0.25) is 19.7 Å². The van der Waals surface area contributed by atoms with Gasteiger partial charge in [-0.2, -0.15) is 0 Å². The van der Waals surface area contributed by atoms with Crippen LogP contribution >= 0.6 is 0 Å². The smallest absolute Gasteiger partial charge is 0.271 e. The molecule has 2 aromatic carbocycles. The van der Waals surface area contributed by atoms with Crippen molar-refractivity contribution in [3.05, 3.63) is 70.3 Å². The molecule has 162 valence electrons. The van der Waals surface area contributed by atoms with Crippen LogP contribution in [0.5, 0.6) is 0 Å². The van der Waals surface area contributed by atoms with Gasteiger partial charge in [-0.05, 0) is 30.9 Å². The SMILES string of the molecule is CCC1CN=C(C(=O)CC(=O)N(CCCc2ccccc2)c2cccc([N+](=O)[O-])c2)O1. The van der Waals surface area contributed by atoms with Crippen LogP contribution in [0.3, 0.4) is 0 Å². The molecule has 0 saturated heterocycles. The first kappa shape index (κ1) is 22.1. The first-order chi connectivity index (χ1) is 15.0. The number of carbonyl (C=O) groups is 2. The predicted molar refractivity (Wildman–Crippen MR) is 117 cm³/mol. The lowest BCUT2D eigenvalue weighted by atomic mass is 10.1. The number of hydrogen-bond acceptors (Lipinski definition) is 6. The van der Waals surface area contributed by atoms with Gasteiger partial charge in [-0.25, -0.2) is 4.99 Å². The summed E-state index contributed by atoms with van der Waals surface area (Å²) in [6.45, 7) is 2.68. The molecule has 0 fully saturated rings. The van der Waals surface area contributed by atoms with E-state index in [2.05, 4.69) is 4.99 Å². The van der Waals surface area contributed by atoms with E-state index in [1.54, 1.807) is 6.07 Å². The van der Waals surface area contributed by atoms with Crippen molar-refractivity contribution in [1.82, 2.24) is 0 Å². The fraction of sp³-hybridized carbons (Fsp3) is 0.348. The Labute approximate surface area is 180 Å². The molecule has 0 bridgehead atoms. The number of ether oxygens (including phenoxy) is 1. The highest BCUT2D eigenvalue weighted by Crippen LogP contribution is 2.23. The number of non-ortho nitro benzene ring substituents is 1. The number of ketones is 1. The zero-order valence-corrected chi connectivity index (χ0v) is 17.4. The van der Waals surface area contributed by atoms with Crippen molar-refractivity contribution >= 4 is 29.0 Å². The molecule has 3 rings (SSSR count). The van der Waals surface area contributed by atoms with Gasteiger partial charge in [0.25, 0.3) is 11.6 Å². The largest absolute Gasteiger partial charge is 0.470 e. The highest BCUT2D eigenvalue weighted by atomic mass is 16.6. The molecule has 1 heterocycles. The number of nitro benzene ring substituents is 1. The number of aliphatic imine (C=N–C) groups is 1.